The Labute approximate surface area is 152 Å². The number of likely N-dealkylation sites (tertiary alicyclic amines) is 1. The van der Waals surface area contributed by atoms with Crippen LogP contribution in [0.25, 0.3) is 0 Å². The first-order valence-corrected chi connectivity index (χ1v) is 8.67. The molecule has 2 rings (SSSR count). The van der Waals surface area contributed by atoms with Crippen molar-refractivity contribution in [3.63, 3.8) is 0 Å². The van der Waals surface area contributed by atoms with Gasteiger partial charge in [-0.15, -0.1) is 0 Å². The number of benzene rings is 1. The molecule has 1 saturated heterocycles. The number of piperidine rings is 1. The van der Waals surface area contributed by atoms with Gasteiger partial charge in [-0.2, -0.15) is 0 Å². The minimum Gasteiger partial charge on any atom is -0.494 e. The van der Waals surface area contributed by atoms with Crippen molar-refractivity contribution in [3.8, 4) is 5.75 Å². The zero-order valence-electron chi connectivity index (χ0n) is 15.0. The number of nitrogens with zero attached hydrogens (tertiary/aromatic N) is 1. The summed E-state index contributed by atoms with van der Waals surface area (Å²) >= 11 is 0. The molecule has 1 heterocycles. The number of carbonyl (C=O) groups is 3. The molecular weight excluding hydrogens is 338 g/mol. The van der Waals surface area contributed by atoms with E-state index in [0.29, 0.717) is 31.0 Å². The quantitative estimate of drug-likeness (QED) is 0.714. The maximum atomic E-state index is 12.2. The van der Waals surface area contributed by atoms with E-state index >= 15 is 0 Å². The van der Waals surface area contributed by atoms with Gasteiger partial charge in [0.1, 0.15) is 5.75 Å². The molecular formula is C18H25N3O5. The molecule has 2 atom stereocenters. The number of hydrogen-bond donors (Lipinski definition) is 3. The molecule has 0 radical (unpaired) electrons. The van der Waals surface area contributed by atoms with Crippen LogP contribution in [-0.2, 0) is 9.59 Å². The lowest BCUT2D eigenvalue weighted by Gasteiger charge is -2.34. The van der Waals surface area contributed by atoms with Crippen molar-refractivity contribution in [3.05, 3.63) is 24.3 Å². The second-order valence-corrected chi connectivity index (χ2v) is 6.45. The van der Waals surface area contributed by atoms with E-state index in [-0.39, 0.29) is 24.9 Å². The zero-order chi connectivity index (χ0) is 19.1. The van der Waals surface area contributed by atoms with Crippen molar-refractivity contribution in [2.24, 2.45) is 11.8 Å². The Morgan fingerprint density at radius 2 is 1.92 bits per heavy atom. The van der Waals surface area contributed by atoms with E-state index in [1.807, 2.05) is 13.8 Å². The molecule has 3 N–H and O–H groups in total. The van der Waals surface area contributed by atoms with E-state index in [4.69, 9.17) is 9.84 Å². The van der Waals surface area contributed by atoms with Gasteiger partial charge in [-0.1, -0.05) is 6.92 Å². The Kier molecular flexibility index (Phi) is 6.82. The number of ether oxygens (including phenoxy) is 1. The highest BCUT2D eigenvalue weighted by atomic mass is 16.5. The average Bonchev–Trinajstić information content (AvgIpc) is 2.61. The molecule has 142 valence electrons. The van der Waals surface area contributed by atoms with Gasteiger partial charge in [0, 0.05) is 18.8 Å². The third-order valence-electron chi connectivity index (χ3n) is 4.15. The molecule has 0 spiro atoms. The number of rotatable bonds is 6. The van der Waals surface area contributed by atoms with Crippen molar-refractivity contribution in [2.45, 2.75) is 20.3 Å². The molecule has 0 saturated carbocycles. The molecule has 0 aliphatic carbocycles. The molecule has 8 heteroatoms. The van der Waals surface area contributed by atoms with Crippen LogP contribution in [0, 0.1) is 11.8 Å². The van der Waals surface area contributed by atoms with Gasteiger partial charge in [0.25, 0.3) is 0 Å². The van der Waals surface area contributed by atoms with Crippen LogP contribution >= 0.6 is 0 Å². The third kappa shape index (κ3) is 5.65. The molecule has 1 fully saturated rings. The summed E-state index contributed by atoms with van der Waals surface area (Å²) in [6.07, 6.45) is 0.553. The van der Waals surface area contributed by atoms with Gasteiger partial charge in [-0.05, 0) is 43.5 Å². The molecule has 26 heavy (non-hydrogen) atoms. The Hall–Kier alpha value is -2.77. The summed E-state index contributed by atoms with van der Waals surface area (Å²) in [5.74, 6) is -1.01. The zero-order valence-corrected chi connectivity index (χ0v) is 15.0. The highest BCUT2D eigenvalue weighted by Gasteiger charge is 2.31. The fraction of sp³-hybridized carbons (Fsp3) is 0.500. The number of urea groups is 1. The summed E-state index contributed by atoms with van der Waals surface area (Å²) < 4.78 is 5.33. The maximum absolute atomic E-state index is 12.2. The molecule has 0 aromatic heterocycles. The Bertz CT molecular complexity index is 647. The van der Waals surface area contributed by atoms with Gasteiger partial charge in [0.2, 0.25) is 5.91 Å². The number of anilines is 1. The highest BCUT2D eigenvalue weighted by Crippen LogP contribution is 2.21. The lowest BCUT2D eigenvalue weighted by molar-refractivity contribution is -0.143. The van der Waals surface area contributed by atoms with E-state index in [2.05, 4.69) is 10.6 Å². The molecule has 2 unspecified atom stereocenters. The minimum atomic E-state index is -0.900. The summed E-state index contributed by atoms with van der Waals surface area (Å²) in [5, 5.41) is 14.4. The Morgan fingerprint density at radius 1 is 1.23 bits per heavy atom. The van der Waals surface area contributed by atoms with Crippen molar-refractivity contribution >= 4 is 23.6 Å². The van der Waals surface area contributed by atoms with Crippen molar-refractivity contribution in [1.82, 2.24) is 10.2 Å². The SMILES string of the molecule is CCOc1ccc(NC(=O)CNC(=O)N2CC(C)CC(C(=O)O)C2)cc1. The van der Waals surface area contributed by atoms with Gasteiger partial charge in [-0.3, -0.25) is 9.59 Å². The topological polar surface area (TPSA) is 108 Å². The summed E-state index contributed by atoms with van der Waals surface area (Å²) in [4.78, 5) is 36.8. The average molecular weight is 363 g/mol. The second kappa shape index (κ2) is 9.07. The largest absolute Gasteiger partial charge is 0.494 e. The Morgan fingerprint density at radius 3 is 2.54 bits per heavy atom. The summed E-state index contributed by atoms with van der Waals surface area (Å²) in [6.45, 7) is 4.82. The van der Waals surface area contributed by atoms with Crippen LogP contribution in [0.2, 0.25) is 0 Å². The monoisotopic (exact) mass is 363 g/mol. The number of nitrogens with one attached hydrogen (secondary N) is 2. The van der Waals surface area contributed by atoms with Gasteiger partial charge >= 0.3 is 12.0 Å². The van der Waals surface area contributed by atoms with Crippen molar-refractivity contribution in [1.29, 1.82) is 0 Å². The number of carboxylic acids is 1. The number of aliphatic carboxylic acids is 1. The summed E-state index contributed by atoms with van der Waals surface area (Å²) in [6, 6.07) is 6.50. The molecule has 3 amide bonds. The number of carboxylic acid groups (broad SMARTS) is 1. The van der Waals surface area contributed by atoms with E-state index in [9.17, 15) is 14.4 Å². The van der Waals surface area contributed by atoms with Crippen LogP contribution < -0.4 is 15.4 Å². The van der Waals surface area contributed by atoms with E-state index in [1.165, 1.54) is 4.90 Å². The second-order valence-electron chi connectivity index (χ2n) is 6.45. The third-order valence-corrected chi connectivity index (χ3v) is 4.15. The van der Waals surface area contributed by atoms with Crippen LogP contribution in [0.4, 0.5) is 10.5 Å². The van der Waals surface area contributed by atoms with E-state index in [1.54, 1.807) is 24.3 Å². The van der Waals surface area contributed by atoms with Gasteiger partial charge < -0.3 is 25.4 Å². The molecule has 1 aliphatic heterocycles. The molecule has 1 aliphatic rings. The van der Waals surface area contributed by atoms with E-state index < -0.39 is 17.9 Å². The standard InChI is InChI=1S/C18H25N3O5/c1-3-26-15-6-4-14(5-7-15)20-16(22)9-19-18(25)21-10-12(2)8-13(11-21)17(23)24/h4-7,12-13H,3,8-11H2,1-2H3,(H,19,25)(H,20,22)(H,23,24). The number of amides is 3. The van der Waals surface area contributed by atoms with Crippen LogP contribution in [-0.4, -0.2) is 54.2 Å². The highest BCUT2D eigenvalue weighted by molar-refractivity contribution is 5.94. The van der Waals surface area contributed by atoms with Crippen molar-refractivity contribution < 1.29 is 24.2 Å². The lowest BCUT2D eigenvalue weighted by atomic mass is 9.91. The number of carbonyl (C=O) groups excluding carboxylic acids is 2. The first-order valence-electron chi connectivity index (χ1n) is 8.67. The number of hydrogen-bond acceptors (Lipinski definition) is 4. The Balaban J connectivity index is 1.80. The van der Waals surface area contributed by atoms with E-state index in [0.717, 1.165) is 0 Å². The van der Waals surface area contributed by atoms with Gasteiger partial charge in [0.05, 0.1) is 19.1 Å². The molecule has 8 nitrogen and oxygen atoms in total. The molecule has 0 bridgehead atoms. The fourth-order valence-corrected chi connectivity index (χ4v) is 2.97. The fourth-order valence-electron chi connectivity index (χ4n) is 2.97. The summed E-state index contributed by atoms with van der Waals surface area (Å²) in [5.41, 5.74) is 0.602. The molecule has 1 aromatic rings. The predicted octanol–water partition coefficient (Wildman–Crippen LogP) is 1.78. The lowest BCUT2D eigenvalue weighted by Crippen LogP contribution is -2.50. The predicted molar refractivity (Wildman–Crippen MR) is 96.1 cm³/mol. The first kappa shape index (κ1) is 19.6. The first-order chi connectivity index (χ1) is 12.4. The molecule has 1 aromatic carbocycles. The minimum absolute atomic E-state index is 0.105. The maximum Gasteiger partial charge on any atom is 0.317 e. The van der Waals surface area contributed by atoms with Gasteiger partial charge in [0.15, 0.2) is 0 Å². The summed E-state index contributed by atoms with van der Waals surface area (Å²) in [7, 11) is 0. The normalized spacial score (nSPS) is 19.5. The smallest absolute Gasteiger partial charge is 0.317 e. The van der Waals surface area contributed by atoms with Crippen LogP contribution in [0.15, 0.2) is 24.3 Å². The van der Waals surface area contributed by atoms with Crippen molar-refractivity contribution in [2.75, 3.05) is 31.6 Å². The van der Waals surface area contributed by atoms with Crippen LogP contribution in [0.1, 0.15) is 20.3 Å². The van der Waals surface area contributed by atoms with Gasteiger partial charge in [-0.25, -0.2) is 4.79 Å². The van der Waals surface area contributed by atoms with Crippen LogP contribution in [0.3, 0.4) is 0 Å². The van der Waals surface area contributed by atoms with Crippen LogP contribution in [0.5, 0.6) is 5.75 Å².